The maximum absolute atomic E-state index is 5.90. The maximum atomic E-state index is 5.90. The van der Waals surface area contributed by atoms with Crippen LogP contribution in [-0.4, -0.2) is 10.2 Å². The lowest BCUT2D eigenvalue weighted by Gasteiger charge is -2.04. The lowest BCUT2D eigenvalue weighted by Crippen LogP contribution is -1.84. The van der Waals surface area contributed by atoms with Crippen molar-refractivity contribution in [2.45, 2.75) is 11.0 Å². The van der Waals surface area contributed by atoms with Gasteiger partial charge in [-0.05, 0) is 40.6 Å². The summed E-state index contributed by atoms with van der Waals surface area (Å²) in [6.45, 7) is 0. The number of nitrogens with zero attached hydrogens (tertiary/aromatic N) is 2. The van der Waals surface area contributed by atoms with Crippen molar-refractivity contribution in [2.24, 2.45) is 0 Å². The fourth-order valence-electron chi connectivity index (χ4n) is 2.54. The molecule has 24 heavy (non-hydrogen) atoms. The first-order valence-corrected chi connectivity index (χ1v) is 8.85. The van der Waals surface area contributed by atoms with Crippen molar-refractivity contribution in [1.29, 1.82) is 0 Å². The highest BCUT2D eigenvalue weighted by atomic mass is 35.5. The Morgan fingerprint density at radius 3 is 2.54 bits per heavy atom. The fraction of sp³-hybridized carbons (Fsp3) is 0.0526. The normalized spacial score (nSPS) is 11.0. The monoisotopic (exact) mass is 352 g/mol. The highest BCUT2D eigenvalue weighted by Gasteiger charge is 2.10. The Kier molecular flexibility index (Phi) is 4.24. The molecule has 1 heterocycles. The summed E-state index contributed by atoms with van der Waals surface area (Å²) in [6.07, 6.45) is 0. The van der Waals surface area contributed by atoms with Crippen molar-refractivity contribution >= 4 is 34.1 Å². The van der Waals surface area contributed by atoms with Crippen molar-refractivity contribution in [3.8, 4) is 11.5 Å². The number of aromatic nitrogens is 2. The molecule has 118 valence electrons. The molecule has 0 spiro atoms. The number of thioether (sulfide) groups is 1. The molecule has 0 saturated heterocycles. The molecule has 0 bridgehead atoms. The molecule has 0 radical (unpaired) electrons. The SMILES string of the molecule is Clc1ccc(-c2nnc(SCc3cccc4ccccc34)o2)cc1. The van der Waals surface area contributed by atoms with Crippen LogP contribution in [0.1, 0.15) is 5.56 Å². The van der Waals surface area contributed by atoms with Crippen LogP contribution < -0.4 is 0 Å². The van der Waals surface area contributed by atoms with E-state index >= 15 is 0 Å². The average molecular weight is 353 g/mol. The van der Waals surface area contributed by atoms with Crippen molar-refractivity contribution < 1.29 is 4.42 Å². The summed E-state index contributed by atoms with van der Waals surface area (Å²) in [6, 6.07) is 22.0. The van der Waals surface area contributed by atoms with Crippen LogP contribution in [0.3, 0.4) is 0 Å². The van der Waals surface area contributed by atoms with Gasteiger partial charge in [-0.2, -0.15) is 0 Å². The molecule has 0 atom stereocenters. The fourth-order valence-corrected chi connectivity index (χ4v) is 3.43. The molecule has 4 aromatic rings. The highest BCUT2D eigenvalue weighted by Crippen LogP contribution is 2.29. The maximum Gasteiger partial charge on any atom is 0.277 e. The van der Waals surface area contributed by atoms with Gasteiger partial charge in [0.1, 0.15) is 0 Å². The number of halogens is 1. The second-order valence-corrected chi connectivity index (χ2v) is 6.67. The molecule has 0 aliphatic carbocycles. The molecule has 3 aromatic carbocycles. The summed E-state index contributed by atoms with van der Waals surface area (Å²) in [5.41, 5.74) is 2.12. The lowest BCUT2D eigenvalue weighted by molar-refractivity contribution is 0.466. The van der Waals surface area contributed by atoms with Gasteiger partial charge in [-0.25, -0.2) is 0 Å². The van der Waals surface area contributed by atoms with E-state index in [4.69, 9.17) is 16.0 Å². The molecule has 0 aliphatic rings. The summed E-state index contributed by atoms with van der Waals surface area (Å²) < 4.78 is 5.74. The minimum atomic E-state index is 0.507. The Morgan fingerprint density at radius 2 is 1.67 bits per heavy atom. The third kappa shape index (κ3) is 3.16. The zero-order valence-corrected chi connectivity index (χ0v) is 14.2. The lowest BCUT2D eigenvalue weighted by atomic mass is 10.1. The van der Waals surface area contributed by atoms with Gasteiger partial charge in [0.15, 0.2) is 0 Å². The van der Waals surface area contributed by atoms with E-state index in [1.165, 1.54) is 16.3 Å². The van der Waals surface area contributed by atoms with E-state index in [2.05, 4.69) is 52.7 Å². The van der Waals surface area contributed by atoms with Crippen LogP contribution in [0.2, 0.25) is 5.02 Å². The van der Waals surface area contributed by atoms with Crippen molar-refractivity contribution in [3.05, 3.63) is 77.3 Å². The first kappa shape index (κ1) is 15.2. The first-order valence-electron chi connectivity index (χ1n) is 7.48. The van der Waals surface area contributed by atoms with Gasteiger partial charge in [-0.1, -0.05) is 65.8 Å². The van der Waals surface area contributed by atoms with Gasteiger partial charge in [0, 0.05) is 16.3 Å². The van der Waals surface area contributed by atoms with Gasteiger partial charge in [-0.3, -0.25) is 0 Å². The van der Waals surface area contributed by atoms with Crippen molar-refractivity contribution in [3.63, 3.8) is 0 Å². The highest BCUT2D eigenvalue weighted by molar-refractivity contribution is 7.98. The Hall–Kier alpha value is -2.30. The van der Waals surface area contributed by atoms with E-state index in [1.807, 2.05) is 24.3 Å². The summed E-state index contributed by atoms with van der Waals surface area (Å²) >= 11 is 7.44. The number of fused-ring (bicyclic) bond motifs is 1. The molecule has 4 rings (SSSR count). The second kappa shape index (κ2) is 6.67. The third-order valence-corrected chi connectivity index (χ3v) is 4.85. The number of hydrogen-bond donors (Lipinski definition) is 0. The van der Waals surface area contributed by atoms with E-state index in [0.29, 0.717) is 16.1 Å². The van der Waals surface area contributed by atoms with E-state index < -0.39 is 0 Å². The molecule has 1 aromatic heterocycles. The Morgan fingerprint density at radius 1 is 0.875 bits per heavy atom. The minimum Gasteiger partial charge on any atom is -0.411 e. The van der Waals surface area contributed by atoms with Crippen LogP contribution in [0, 0.1) is 0 Å². The minimum absolute atomic E-state index is 0.507. The molecule has 3 nitrogen and oxygen atoms in total. The molecule has 0 amide bonds. The van der Waals surface area contributed by atoms with Gasteiger partial charge >= 0.3 is 0 Å². The summed E-state index contributed by atoms with van der Waals surface area (Å²) in [7, 11) is 0. The molecular weight excluding hydrogens is 340 g/mol. The van der Waals surface area contributed by atoms with Crippen LogP contribution in [0.25, 0.3) is 22.2 Å². The Balaban J connectivity index is 1.53. The molecule has 0 aliphatic heterocycles. The van der Waals surface area contributed by atoms with Gasteiger partial charge in [0.05, 0.1) is 0 Å². The van der Waals surface area contributed by atoms with E-state index in [0.717, 1.165) is 11.3 Å². The number of benzene rings is 3. The second-order valence-electron chi connectivity index (χ2n) is 5.31. The summed E-state index contributed by atoms with van der Waals surface area (Å²) in [4.78, 5) is 0. The van der Waals surface area contributed by atoms with Crippen molar-refractivity contribution in [2.75, 3.05) is 0 Å². The third-order valence-electron chi connectivity index (χ3n) is 3.73. The van der Waals surface area contributed by atoms with Gasteiger partial charge in [-0.15, -0.1) is 10.2 Å². The molecule has 0 unspecified atom stereocenters. The Bertz CT molecular complexity index is 977. The zero-order chi connectivity index (χ0) is 16.4. The quantitative estimate of drug-likeness (QED) is 0.433. The number of rotatable bonds is 4. The predicted molar refractivity (Wildman–Crippen MR) is 98.3 cm³/mol. The standard InChI is InChI=1S/C19H13ClN2OS/c20-16-10-8-14(9-11-16)18-21-22-19(23-18)24-12-15-6-3-5-13-4-1-2-7-17(13)15/h1-11H,12H2. The molecule has 0 N–H and O–H groups in total. The molecular formula is C19H13ClN2OS. The predicted octanol–water partition coefficient (Wildman–Crippen LogP) is 5.84. The summed E-state index contributed by atoms with van der Waals surface area (Å²) in [5, 5.41) is 12.0. The van der Waals surface area contributed by atoms with E-state index in [-0.39, 0.29) is 0 Å². The molecule has 0 fully saturated rings. The van der Waals surface area contributed by atoms with Crippen molar-refractivity contribution in [1.82, 2.24) is 10.2 Å². The molecule has 5 heteroatoms. The molecule has 0 saturated carbocycles. The van der Waals surface area contributed by atoms with Crippen LogP contribution in [0.5, 0.6) is 0 Å². The van der Waals surface area contributed by atoms with Crippen LogP contribution in [-0.2, 0) is 5.75 Å². The first-order chi connectivity index (χ1) is 11.8. The van der Waals surface area contributed by atoms with Gasteiger partial charge in [0.2, 0.25) is 5.89 Å². The zero-order valence-electron chi connectivity index (χ0n) is 12.6. The summed E-state index contributed by atoms with van der Waals surface area (Å²) in [5.74, 6) is 1.29. The topological polar surface area (TPSA) is 38.9 Å². The Labute approximate surface area is 148 Å². The van der Waals surface area contributed by atoms with Gasteiger partial charge in [0.25, 0.3) is 5.22 Å². The smallest absolute Gasteiger partial charge is 0.277 e. The van der Waals surface area contributed by atoms with Gasteiger partial charge < -0.3 is 4.42 Å². The van der Waals surface area contributed by atoms with E-state index in [1.54, 1.807) is 11.8 Å². The van der Waals surface area contributed by atoms with Crippen LogP contribution >= 0.6 is 23.4 Å². The largest absolute Gasteiger partial charge is 0.411 e. The average Bonchev–Trinajstić information content (AvgIpc) is 3.09. The van der Waals surface area contributed by atoms with Crippen LogP contribution in [0.15, 0.2) is 76.4 Å². The van der Waals surface area contributed by atoms with E-state index in [9.17, 15) is 0 Å². The van der Waals surface area contributed by atoms with Crippen LogP contribution in [0.4, 0.5) is 0 Å². The number of hydrogen-bond acceptors (Lipinski definition) is 4.